The number of amides is 2. The molecule has 0 aliphatic rings. The molecule has 5 nitrogen and oxygen atoms in total. The molecule has 0 bridgehead atoms. The van der Waals surface area contributed by atoms with Gasteiger partial charge in [0, 0.05) is 36.1 Å². The third kappa shape index (κ3) is 4.54. The SMILES string of the molecule is CC(C)CN(Cc1cc(=O)[nH]c2ccccc12)C(=O)Nc1ccc(F)cc1F. The number of nitrogens with one attached hydrogen (secondary N) is 2. The number of benzene rings is 2. The van der Waals surface area contributed by atoms with Crippen LogP contribution in [0.3, 0.4) is 0 Å². The van der Waals surface area contributed by atoms with Crippen molar-refractivity contribution in [2.24, 2.45) is 5.92 Å². The van der Waals surface area contributed by atoms with E-state index in [1.807, 2.05) is 32.0 Å². The minimum Gasteiger partial charge on any atom is -0.322 e. The number of carbonyl (C=O) groups is 1. The minimum absolute atomic E-state index is 0.101. The van der Waals surface area contributed by atoms with Gasteiger partial charge in [0.1, 0.15) is 11.6 Å². The molecule has 0 aliphatic heterocycles. The number of para-hydroxylation sites is 1. The molecular formula is C21H21F2N3O2. The monoisotopic (exact) mass is 385 g/mol. The second-order valence-electron chi connectivity index (χ2n) is 7.03. The maximum Gasteiger partial charge on any atom is 0.322 e. The van der Waals surface area contributed by atoms with Gasteiger partial charge in [-0.25, -0.2) is 13.6 Å². The Labute approximate surface area is 161 Å². The van der Waals surface area contributed by atoms with E-state index in [1.165, 1.54) is 17.0 Å². The van der Waals surface area contributed by atoms with Crippen LogP contribution >= 0.6 is 0 Å². The highest BCUT2D eigenvalue weighted by Crippen LogP contribution is 2.19. The highest BCUT2D eigenvalue weighted by Gasteiger charge is 2.18. The summed E-state index contributed by atoms with van der Waals surface area (Å²) in [7, 11) is 0. The summed E-state index contributed by atoms with van der Waals surface area (Å²) >= 11 is 0. The van der Waals surface area contributed by atoms with E-state index >= 15 is 0 Å². The number of fused-ring (bicyclic) bond motifs is 1. The molecule has 0 saturated heterocycles. The highest BCUT2D eigenvalue weighted by atomic mass is 19.1. The van der Waals surface area contributed by atoms with E-state index in [2.05, 4.69) is 10.3 Å². The number of hydrogen-bond donors (Lipinski definition) is 2. The second kappa shape index (κ2) is 8.21. The number of hydrogen-bond acceptors (Lipinski definition) is 2. The molecular weight excluding hydrogens is 364 g/mol. The maximum absolute atomic E-state index is 13.9. The van der Waals surface area contributed by atoms with Gasteiger partial charge in [0.25, 0.3) is 0 Å². The van der Waals surface area contributed by atoms with Crippen LogP contribution in [0, 0.1) is 17.6 Å². The van der Waals surface area contributed by atoms with Gasteiger partial charge < -0.3 is 15.2 Å². The Kier molecular flexibility index (Phi) is 5.73. The Morgan fingerprint density at radius 1 is 1.14 bits per heavy atom. The van der Waals surface area contributed by atoms with Crippen molar-refractivity contribution in [1.82, 2.24) is 9.88 Å². The van der Waals surface area contributed by atoms with Crippen LogP contribution in [-0.2, 0) is 6.54 Å². The van der Waals surface area contributed by atoms with Crippen LogP contribution in [-0.4, -0.2) is 22.5 Å². The van der Waals surface area contributed by atoms with Gasteiger partial charge in [-0.05, 0) is 29.7 Å². The molecule has 28 heavy (non-hydrogen) atoms. The first-order valence-electron chi connectivity index (χ1n) is 8.95. The quantitative estimate of drug-likeness (QED) is 0.679. The van der Waals surface area contributed by atoms with Gasteiger partial charge in [0.2, 0.25) is 5.56 Å². The smallest absolute Gasteiger partial charge is 0.322 e. The summed E-state index contributed by atoms with van der Waals surface area (Å²) in [6.45, 7) is 4.48. The van der Waals surface area contributed by atoms with Crippen LogP contribution in [0.5, 0.6) is 0 Å². The topological polar surface area (TPSA) is 65.2 Å². The van der Waals surface area contributed by atoms with Crippen molar-refractivity contribution < 1.29 is 13.6 Å². The number of rotatable bonds is 5. The average Bonchev–Trinajstić information content (AvgIpc) is 2.63. The van der Waals surface area contributed by atoms with E-state index in [1.54, 1.807) is 6.07 Å². The molecule has 0 fully saturated rings. The number of pyridine rings is 1. The van der Waals surface area contributed by atoms with Crippen LogP contribution in [0.2, 0.25) is 0 Å². The average molecular weight is 385 g/mol. The number of nitrogens with zero attached hydrogens (tertiary/aromatic N) is 1. The molecule has 0 unspecified atom stereocenters. The first-order chi connectivity index (χ1) is 13.3. The number of urea groups is 1. The van der Waals surface area contributed by atoms with Crippen LogP contribution < -0.4 is 10.9 Å². The first-order valence-corrected chi connectivity index (χ1v) is 8.95. The Balaban J connectivity index is 1.90. The van der Waals surface area contributed by atoms with Gasteiger partial charge in [-0.1, -0.05) is 32.0 Å². The fourth-order valence-corrected chi connectivity index (χ4v) is 3.06. The van der Waals surface area contributed by atoms with E-state index < -0.39 is 17.7 Å². The molecule has 7 heteroatoms. The third-order valence-electron chi connectivity index (χ3n) is 4.24. The van der Waals surface area contributed by atoms with Gasteiger partial charge in [-0.3, -0.25) is 4.79 Å². The molecule has 3 aromatic rings. The van der Waals surface area contributed by atoms with Crippen LogP contribution in [0.1, 0.15) is 19.4 Å². The van der Waals surface area contributed by atoms with Gasteiger partial charge in [-0.15, -0.1) is 0 Å². The lowest BCUT2D eigenvalue weighted by atomic mass is 10.1. The zero-order chi connectivity index (χ0) is 20.3. The van der Waals surface area contributed by atoms with Gasteiger partial charge in [0.15, 0.2) is 0 Å². The summed E-state index contributed by atoms with van der Waals surface area (Å²) in [5, 5.41) is 3.32. The second-order valence-corrected chi connectivity index (χ2v) is 7.03. The lowest BCUT2D eigenvalue weighted by molar-refractivity contribution is 0.201. The fourth-order valence-electron chi connectivity index (χ4n) is 3.06. The number of H-pyrrole nitrogens is 1. The minimum atomic E-state index is -0.848. The molecule has 0 atom stereocenters. The van der Waals surface area contributed by atoms with Crippen molar-refractivity contribution in [1.29, 1.82) is 0 Å². The van der Waals surface area contributed by atoms with Crippen LogP contribution in [0.15, 0.2) is 53.3 Å². The molecule has 1 heterocycles. The van der Waals surface area contributed by atoms with Crippen molar-refractivity contribution in [2.45, 2.75) is 20.4 Å². The number of halogens is 2. The molecule has 0 saturated carbocycles. The summed E-state index contributed by atoms with van der Waals surface area (Å²) in [4.78, 5) is 29.0. The van der Waals surface area contributed by atoms with E-state index in [0.29, 0.717) is 23.7 Å². The summed E-state index contributed by atoms with van der Waals surface area (Å²) in [6.07, 6.45) is 0. The van der Waals surface area contributed by atoms with Crippen molar-refractivity contribution in [2.75, 3.05) is 11.9 Å². The summed E-state index contributed by atoms with van der Waals surface area (Å²) < 4.78 is 27.0. The molecule has 3 rings (SSSR count). The molecule has 0 radical (unpaired) electrons. The van der Waals surface area contributed by atoms with Crippen molar-refractivity contribution in [3.05, 3.63) is 76.1 Å². The van der Waals surface area contributed by atoms with Gasteiger partial charge in [-0.2, -0.15) is 0 Å². The molecule has 1 aromatic heterocycles. The van der Waals surface area contributed by atoms with Crippen molar-refractivity contribution in [3.63, 3.8) is 0 Å². The van der Waals surface area contributed by atoms with Crippen LogP contribution in [0.25, 0.3) is 10.9 Å². The standard InChI is InChI=1S/C21H21F2N3O2/c1-13(2)11-26(21(28)25-19-8-7-15(22)10-17(19)23)12-14-9-20(27)24-18-6-4-3-5-16(14)18/h3-10,13H,11-12H2,1-2H3,(H,24,27)(H,25,28). The maximum atomic E-state index is 13.9. The zero-order valence-corrected chi connectivity index (χ0v) is 15.6. The predicted molar refractivity (Wildman–Crippen MR) is 105 cm³/mol. The number of anilines is 1. The predicted octanol–water partition coefficient (Wildman–Crippen LogP) is 4.50. The molecule has 0 spiro atoms. The van der Waals surface area contributed by atoms with Crippen LogP contribution in [0.4, 0.5) is 19.3 Å². The number of aromatic amines is 1. The Hall–Kier alpha value is -3.22. The van der Waals surface area contributed by atoms with E-state index in [-0.39, 0.29) is 23.7 Å². The number of aromatic nitrogens is 1. The van der Waals surface area contributed by atoms with Crippen molar-refractivity contribution >= 4 is 22.6 Å². The summed E-state index contributed by atoms with van der Waals surface area (Å²) in [5.41, 5.74) is 1.01. The normalized spacial score (nSPS) is 11.0. The molecule has 2 aromatic carbocycles. The summed E-state index contributed by atoms with van der Waals surface area (Å²) in [6, 6.07) is 11.2. The molecule has 2 N–H and O–H groups in total. The van der Waals surface area contributed by atoms with Gasteiger partial charge >= 0.3 is 6.03 Å². The fraction of sp³-hybridized carbons (Fsp3) is 0.238. The molecule has 2 amide bonds. The lowest BCUT2D eigenvalue weighted by Gasteiger charge is -2.25. The highest BCUT2D eigenvalue weighted by molar-refractivity contribution is 5.90. The third-order valence-corrected chi connectivity index (χ3v) is 4.24. The molecule has 146 valence electrons. The van der Waals surface area contributed by atoms with E-state index in [4.69, 9.17) is 0 Å². The summed E-state index contributed by atoms with van der Waals surface area (Å²) in [5.74, 6) is -1.42. The Morgan fingerprint density at radius 3 is 2.61 bits per heavy atom. The first kappa shape index (κ1) is 19.5. The van der Waals surface area contributed by atoms with Gasteiger partial charge in [0.05, 0.1) is 5.69 Å². The largest absolute Gasteiger partial charge is 0.322 e. The lowest BCUT2D eigenvalue weighted by Crippen LogP contribution is -2.37. The zero-order valence-electron chi connectivity index (χ0n) is 15.6. The molecule has 0 aliphatic carbocycles. The van der Waals surface area contributed by atoms with Crippen molar-refractivity contribution in [3.8, 4) is 0 Å². The van der Waals surface area contributed by atoms with E-state index in [0.717, 1.165) is 11.5 Å². The van der Waals surface area contributed by atoms with E-state index in [9.17, 15) is 18.4 Å². The Morgan fingerprint density at radius 2 is 1.89 bits per heavy atom. The Bertz CT molecular complexity index is 1060. The number of carbonyl (C=O) groups excluding carboxylic acids is 1.